The predicted molar refractivity (Wildman–Crippen MR) is 101 cm³/mol. The number of carbonyl (C=O) groups excluding carboxylic acids is 2. The quantitative estimate of drug-likeness (QED) is 0.379. The van der Waals surface area contributed by atoms with Gasteiger partial charge < -0.3 is 19.8 Å². The van der Waals surface area contributed by atoms with E-state index < -0.39 is 11.9 Å². The van der Waals surface area contributed by atoms with Gasteiger partial charge in [0.1, 0.15) is 0 Å². The number of hydrogen-bond donors (Lipinski definition) is 0. The topological polar surface area (TPSA) is 80.3 Å². The molecule has 0 saturated carbocycles. The molecule has 0 aliphatic rings. The Morgan fingerprint density at radius 2 is 1.08 bits per heavy atom. The third-order valence-corrected chi connectivity index (χ3v) is 4.72. The molecule has 130 valence electrons. The van der Waals surface area contributed by atoms with Gasteiger partial charge in [-0.2, -0.15) is 0 Å². The summed E-state index contributed by atoms with van der Waals surface area (Å²) in [6.45, 7) is 3.97. The molecule has 0 N–H and O–H groups in total. The van der Waals surface area contributed by atoms with Crippen LogP contribution >= 0.6 is 23.5 Å². The zero-order chi connectivity index (χ0) is 17.9. The van der Waals surface area contributed by atoms with E-state index in [1.54, 1.807) is 36.4 Å². The first-order valence-electron chi connectivity index (χ1n) is 7.37. The number of carboxylic acids is 2. The molecule has 4 nitrogen and oxygen atoms in total. The van der Waals surface area contributed by atoms with Gasteiger partial charge in [-0.15, -0.1) is 23.5 Å². The van der Waals surface area contributed by atoms with Crippen molar-refractivity contribution in [3.63, 3.8) is 0 Å². The van der Waals surface area contributed by atoms with Gasteiger partial charge in [0.05, 0.1) is 11.9 Å². The predicted octanol–water partition coefficient (Wildman–Crippen LogP) is 1.67. The molecule has 0 saturated heterocycles. The van der Waals surface area contributed by atoms with Gasteiger partial charge in [0, 0.05) is 20.9 Å². The zero-order valence-electron chi connectivity index (χ0n) is 14.2. The van der Waals surface area contributed by atoms with E-state index in [1.165, 1.54) is 23.5 Å². The summed E-state index contributed by atoms with van der Waals surface area (Å²) in [5, 5.41) is 21.1. The molecule has 26 heavy (non-hydrogen) atoms. The summed E-state index contributed by atoms with van der Waals surface area (Å²) in [4.78, 5) is 22.7. The summed E-state index contributed by atoms with van der Waals surface area (Å²) in [5.41, 5.74) is 0.564. The molecule has 0 spiro atoms. The molecule has 0 atom stereocenters. The third kappa shape index (κ3) is 9.81. The van der Waals surface area contributed by atoms with Crippen LogP contribution in [0.2, 0.25) is 0 Å². The molecule has 2 rings (SSSR count). The van der Waals surface area contributed by atoms with E-state index in [-0.39, 0.29) is 68.4 Å². The van der Waals surface area contributed by atoms with Crippen LogP contribution in [0.25, 0.3) is 0 Å². The van der Waals surface area contributed by atoms with Crippen molar-refractivity contribution in [2.75, 3.05) is 11.5 Å². The molecular formula is C18H19HgNaO4S2. The van der Waals surface area contributed by atoms with E-state index in [0.717, 1.165) is 21.3 Å². The SMILES string of the molecule is CCSc1ccccc1C(=O)[O-].CCSc1ccccc1C(=O)[O-].[Hg+2].[NaH]. The van der Waals surface area contributed by atoms with Crippen molar-refractivity contribution in [2.45, 2.75) is 23.6 Å². The molecule has 0 radical (unpaired) electrons. The Balaban J connectivity index is 0. The fourth-order valence-corrected chi connectivity index (χ4v) is 3.42. The van der Waals surface area contributed by atoms with E-state index >= 15 is 0 Å². The molecule has 0 aliphatic heterocycles. The molecule has 0 amide bonds. The van der Waals surface area contributed by atoms with Gasteiger partial charge in [-0.3, -0.25) is 0 Å². The van der Waals surface area contributed by atoms with Crippen LogP contribution in [0.5, 0.6) is 0 Å². The van der Waals surface area contributed by atoms with Gasteiger partial charge in [0.25, 0.3) is 0 Å². The summed E-state index contributed by atoms with van der Waals surface area (Å²) in [6, 6.07) is 13.8. The Morgan fingerprint density at radius 3 is 1.35 bits per heavy atom. The van der Waals surface area contributed by atoms with Gasteiger partial charge in [-0.05, 0) is 23.6 Å². The number of carboxylic acid groups (broad SMARTS) is 2. The molecule has 8 heteroatoms. The van der Waals surface area contributed by atoms with E-state index in [0.29, 0.717) is 0 Å². The fraction of sp³-hybridized carbons (Fsp3) is 0.222. The molecule has 2 aromatic carbocycles. The molecule has 0 heterocycles. The first-order chi connectivity index (χ1) is 11.5. The Hall–Kier alpha value is 0.0151. The Morgan fingerprint density at radius 1 is 0.769 bits per heavy atom. The van der Waals surface area contributed by atoms with Crippen molar-refractivity contribution in [2.24, 2.45) is 0 Å². The summed E-state index contributed by atoms with van der Waals surface area (Å²) in [6.07, 6.45) is 0. The van der Waals surface area contributed by atoms with Gasteiger partial charge in [-0.1, -0.05) is 50.2 Å². The molecule has 0 fully saturated rings. The van der Waals surface area contributed by atoms with Crippen LogP contribution in [0.1, 0.15) is 34.6 Å². The summed E-state index contributed by atoms with van der Waals surface area (Å²) < 4.78 is 0. The number of thioether (sulfide) groups is 2. The van der Waals surface area contributed by atoms with Gasteiger partial charge in [0.15, 0.2) is 0 Å². The van der Waals surface area contributed by atoms with Crippen molar-refractivity contribution in [3.05, 3.63) is 59.7 Å². The second-order valence-electron chi connectivity index (χ2n) is 4.43. The standard InChI is InChI=1S/2C9H10O2S.Hg.Na.H/c2*1-2-12-8-6-4-3-5-7(8)9(10)11;;;/h2*3-6H,2H2,1H3,(H,10,11);;;/q;;+2;;/p-2. The van der Waals surface area contributed by atoms with Gasteiger partial charge in [0.2, 0.25) is 0 Å². The van der Waals surface area contributed by atoms with Crippen LogP contribution in [0, 0.1) is 0 Å². The second-order valence-corrected chi connectivity index (χ2v) is 7.04. The van der Waals surface area contributed by atoms with Gasteiger partial charge >= 0.3 is 57.2 Å². The molecule has 2 aromatic rings. The van der Waals surface area contributed by atoms with Crippen molar-refractivity contribution >= 4 is 65.0 Å². The Kier molecular flexibility index (Phi) is 17.4. The number of benzene rings is 2. The van der Waals surface area contributed by atoms with Crippen LogP contribution in [0.3, 0.4) is 0 Å². The maximum atomic E-state index is 10.6. The Labute approximate surface area is 205 Å². The molecule has 0 aliphatic carbocycles. The second kappa shape index (κ2) is 16.0. The van der Waals surface area contributed by atoms with Gasteiger partial charge in [-0.25, -0.2) is 0 Å². The molecule has 0 aromatic heterocycles. The third-order valence-electron chi connectivity index (χ3n) is 2.81. The van der Waals surface area contributed by atoms with E-state index in [1.807, 2.05) is 26.0 Å². The zero-order valence-corrected chi connectivity index (χ0v) is 21.3. The fourth-order valence-electron chi connectivity index (χ4n) is 1.83. The van der Waals surface area contributed by atoms with Crippen LogP contribution in [0.15, 0.2) is 58.3 Å². The van der Waals surface area contributed by atoms with Crippen molar-refractivity contribution in [1.29, 1.82) is 0 Å². The number of carbonyl (C=O) groups is 2. The molecule has 0 unspecified atom stereocenters. The van der Waals surface area contributed by atoms with E-state index in [9.17, 15) is 19.8 Å². The van der Waals surface area contributed by atoms with E-state index in [2.05, 4.69) is 0 Å². The minimum atomic E-state index is -1.11. The number of aromatic carboxylic acids is 2. The van der Waals surface area contributed by atoms with Crippen molar-refractivity contribution in [3.8, 4) is 0 Å². The first kappa shape index (κ1) is 28.2. The monoisotopic (exact) mass is 588 g/mol. The summed E-state index contributed by atoms with van der Waals surface area (Å²) in [7, 11) is 0. The Bertz CT molecular complexity index is 639. The molecule has 0 bridgehead atoms. The summed E-state index contributed by atoms with van der Waals surface area (Å²) in [5.74, 6) is -0.479. The first-order valence-corrected chi connectivity index (χ1v) is 9.34. The van der Waals surface area contributed by atoms with Crippen LogP contribution in [-0.4, -0.2) is 53.0 Å². The van der Waals surface area contributed by atoms with Crippen molar-refractivity contribution < 1.29 is 47.5 Å². The number of hydrogen-bond acceptors (Lipinski definition) is 6. The van der Waals surface area contributed by atoms with Crippen LogP contribution in [-0.2, 0) is 27.7 Å². The van der Waals surface area contributed by atoms with Crippen LogP contribution < -0.4 is 10.2 Å². The number of rotatable bonds is 6. The van der Waals surface area contributed by atoms with E-state index in [4.69, 9.17) is 0 Å². The average Bonchev–Trinajstić information content (AvgIpc) is 2.57. The van der Waals surface area contributed by atoms with Crippen molar-refractivity contribution in [1.82, 2.24) is 0 Å². The average molecular weight is 587 g/mol. The molecular weight excluding hydrogens is 568 g/mol. The van der Waals surface area contributed by atoms with Crippen LogP contribution in [0.4, 0.5) is 0 Å². The maximum absolute atomic E-state index is 10.6. The summed E-state index contributed by atoms with van der Waals surface area (Å²) >= 11 is 3.02. The normalized spacial score (nSPS) is 9.00. The minimum absolute atomic E-state index is 0.